The van der Waals surface area contributed by atoms with Gasteiger partial charge in [-0.2, -0.15) is 0 Å². The van der Waals surface area contributed by atoms with Crippen molar-refractivity contribution in [2.24, 2.45) is 0 Å². The van der Waals surface area contributed by atoms with Crippen LogP contribution in [0.3, 0.4) is 0 Å². The Morgan fingerprint density at radius 1 is 1.18 bits per heavy atom. The van der Waals surface area contributed by atoms with Gasteiger partial charge in [-0.05, 0) is 6.07 Å². The highest BCUT2D eigenvalue weighted by Crippen LogP contribution is 2.21. The number of carboxylic acid groups (broad SMARTS) is 1. The minimum absolute atomic E-state index is 0.232. The van der Waals surface area contributed by atoms with Gasteiger partial charge in [0.15, 0.2) is 5.78 Å². The first kappa shape index (κ1) is 11.1. The van der Waals surface area contributed by atoms with E-state index in [9.17, 15) is 14.4 Å². The summed E-state index contributed by atoms with van der Waals surface area (Å²) in [5.41, 5.74) is 0.758. The number of benzene rings is 1. The van der Waals surface area contributed by atoms with Gasteiger partial charge >= 0.3 is 5.97 Å². The normalized spacial score (nSPS) is 10.4. The molecule has 0 fully saturated rings. The topological polar surface area (TPSA) is 84.6 Å². The Balaban J connectivity index is 2.31. The summed E-state index contributed by atoms with van der Waals surface area (Å²) in [6.45, 7) is 0. The number of hydrogen-bond donors (Lipinski definition) is 1. The van der Waals surface area contributed by atoms with Crippen LogP contribution in [0.1, 0.15) is 16.8 Å². The summed E-state index contributed by atoms with van der Waals surface area (Å²) in [7, 11) is 0. The summed E-state index contributed by atoms with van der Waals surface area (Å²) < 4.78 is 5.13. The summed E-state index contributed by atoms with van der Waals surface area (Å²) in [5.74, 6) is -3.28. The van der Waals surface area contributed by atoms with Crippen molar-refractivity contribution < 1.29 is 23.9 Å². The van der Waals surface area contributed by atoms with E-state index in [1.54, 1.807) is 24.3 Å². The van der Waals surface area contributed by atoms with E-state index in [0.717, 1.165) is 0 Å². The highest BCUT2D eigenvalue weighted by atomic mass is 16.4. The molecule has 1 aromatic heterocycles. The summed E-state index contributed by atoms with van der Waals surface area (Å²) >= 11 is 0. The molecule has 1 heterocycles. The van der Waals surface area contributed by atoms with Gasteiger partial charge in [-0.1, -0.05) is 18.2 Å². The second-order valence-electron chi connectivity index (χ2n) is 3.47. The second-order valence-corrected chi connectivity index (χ2v) is 3.47. The molecule has 5 heteroatoms. The predicted molar refractivity (Wildman–Crippen MR) is 57.8 cm³/mol. The van der Waals surface area contributed by atoms with Gasteiger partial charge in [-0.25, -0.2) is 4.79 Å². The van der Waals surface area contributed by atoms with Crippen molar-refractivity contribution in [2.45, 2.75) is 6.42 Å². The molecule has 0 atom stereocenters. The zero-order valence-electron chi connectivity index (χ0n) is 8.67. The Morgan fingerprint density at radius 3 is 2.59 bits per heavy atom. The minimum Gasteiger partial charge on any atom is -0.475 e. The molecule has 1 N–H and O–H groups in total. The van der Waals surface area contributed by atoms with E-state index < -0.39 is 24.0 Å². The molecule has 86 valence electrons. The third-order valence-corrected chi connectivity index (χ3v) is 2.34. The number of carbonyl (C=O) groups is 3. The van der Waals surface area contributed by atoms with Gasteiger partial charge < -0.3 is 9.52 Å². The molecule has 0 aliphatic heterocycles. The van der Waals surface area contributed by atoms with Crippen LogP contribution in [0.15, 0.2) is 34.9 Å². The van der Waals surface area contributed by atoms with Crippen LogP contribution in [0.5, 0.6) is 0 Å². The van der Waals surface area contributed by atoms with Crippen molar-refractivity contribution in [3.63, 3.8) is 0 Å². The van der Waals surface area contributed by atoms with E-state index in [1.807, 2.05) is 0 Å². The Hall–Kier alpha value is -2.43. The van der Waals surface area contributed by atoms with Crippen molar-refractivity contribution in [3.8, 4) is 0 Å². The number of carboxylic acids is 1. The van der Waals surface area contributed by atoms with Crippen molar-refractivity contribution in [1.29, 1.82) is 0 Å². The van der Waals surface area contributed by atoms with E-state index in [2.05, 4.69) is 0 Å². The molecule has 0 amide bonds. The van der Waals surface area contributed by atoms with Gasteiger partial charge in [0.05, 0.1) is 12.0 Å². The monoisotopic (exact) mass is 232 g/mol. The summed E-state index contributed by atoms with van der Waals surface area (Å²) in [6.07, 6.45) is 0.584. The average molecular weight is 232 g/mol. The van der Waals surface area contributed by atoms with Gasteiger partial charge in [0.2, 0.25) is 5.78 Å². The van der Waals surface area contributed by atoms with Crippen molar-refractivity contribution in [2.75, 3.05) is 0 Å². The van der Waals surface area contributed by atoms with Crippen LogP contribution in [0.4, 0.5) is 0 Å². The fraction of sp³-hybridized carbons (Fsp3) is 0.0833. The molecule has 0 aliphatic rings. The van der Waals surface area contributed by atoms with E-state index in [4.69, 9.17) is 9.52 Å². The molecule has 0 radical (unpaired) electrons. The third-order valence-electron chi connectivity index (χ3n) is 2.34. The number of furan rings is 1. The SMILES string of the molecule is O=C(O)C(=O)CC(=O)c1coc2ccccc12. The highest BCUT2D eigenvalue weighted by Gasteiger charge is 2.20. The molecular weight excluding hydrogens is 224 g/mol. The Labute approximate surface area is 95.6 Å². The number of para-hydroxylation sites is 1. The molecule has 0 saturated carbocycles. The first-order chi connectivity index (χ1) is 8.09. The Bertz CT molecular complexity index is 608. The number of carbonyl (C=O) groups excluding carboxylic acids is 2. The van der Waals surface area contributed by atoms with E-state index in [0.29, 0.717) is 11.0 Å². The van der Waals surface area contributed by atoms with Gasteiger partial charge in [0.1, 0.15) is 11.8 Å². The summed E-state index contributed by atoms with van der Waals surface area (Å²) in [5, 5.41) is 9.00. The van der Waals surface area contributed by atoms with E-state index in [-0.39, 0.29) is 5.56 Å². The number of hydrogen-bond acceptors (Lipinski definition) is 4. The molecule has 1 aromatic carbocycles. The second kappa shape index (κ2) is 4.21. The Kier molecular flexibility index (Phi) is 2.74. The van der Waals surface area contributed by atoms with Gasteiger partial charge in [-0.15, -0.1) is 0 Å². The molecule has 0 saturated heterocycles. The Morgan fingerprint density at radius 2 is 1.88 bits per heavy atom. The smallest absolute Gasteiger partial charge is 0.372 e. The van der Waals surface area contributed by atoms with Crippen molar-refractivity contribution >= 4 is 28.5 Å². The van der Waals surface area contributed by atoms with Gasteiger partial charge in [0.25, 0.3) is 0 Å². The minimum atomic E-state index is -1.61. The molecular formula is C12H8O5. The molecule has 2 aromatic rings. The number of Topliss-reactive ketones (excluding diaryl/α,β-unsaturated/α-hetero) is 2. The van der Waals surface area contributed by atoms with E-state index >= 15 is 0 Å². The molecule has 0 unspecified atom stereocenters. The zero-order valence-corrected chi connectivity index (χ0v) is 8.67. The first-order valence-corrected chi connectivity index (χ1v) is 4.85. The maximum Gasteiger partial charge on any atom is 0.372 e. The van der Waals surface area contributed by atoms with Crippen LogP contribution >= 0.6 is 0 Å². The quantitative estimate of drug-likeness (QED) is 0.492. The molecule has 2 rings (SSSR count). The molecule has 5 nitrogen and oxygen atoms in total. The zero-order chi connectivity index (χ0) is 12.4. The summed E-state index contributed by atoms with van der Waals surface area (Å²) in [6, 6.07) is 6.85. The number of fused-ring (bicyclic) bond motifs is 1. The maximum atomic E-state index is 11.7. The van der Waals surface area contributed by atoms with Crippen LogP contribution in [0.25, 0.3) is 11.0 Å². The largest absolute Gasteiger partial charge is 0.475 e. The molecule has 17 heavy (non-hydrogen) atoms. The number of ketones is 2. The fourth-order valence-corrected chi connectivity index (χ4v) is 1.51. The van der Waals surface area contributed by atoms with Gasteiger partial charge in [0, 0.05) is 5.39 Å². The lowest BCUT2D eigenvalue weighted by Gasteiger charge is -1.95. The van der Waals surface area contributed by atoms with E-state index in [1.165, 1.54) is 6.26 Å². The molecule has 0 aliphatic carbocycles. The number of aliphatic carboxylic acids is 1. The van der Waals surface area contributed by atoms with Crippen LogP contribution < -0.4 is 0 Å². The lowest BCUT2D eigenvalue weighted by Crippen LogP contribution is -2.16. The number of rotatable bonds is 4. The first-order valence-electron chi connectivity index (χ1n) is 4.85. The predicted octanol–water partition coefficient (Wildman–Crippen LogP) is 1.66. The highest BCUT2D eigenvalue weighted by molar-refractivity contribution is 6.37. The van der Waals surface area contributed by atoms with Crippen molar-refractivity contribution in [1.82, 2.24) is 0 Å². The van der Waals surface area contributed by atoms with Crippen LogP contribution in [-0.4, -0.2) is 22.6 Å². The van der Waals surface area contributed by atoms with Crippen LogP contribution in [-0.2, 0) is 9.59 Å². The van der Waals surface area contributed by atoms with Crippen LogP contribution in [0.2, 0.25) is 0 Å². The molecule has 0 spiro atoms. The lowest BCUT2D eigenvalue weighted by molar-refractivity contribution is -0.148. The van der Waals surface area contributed by atoms with Crippen molar-refractivity contribution in [3.05, 3.63) is 36.1 Å². The lowest BCUT2D eigenvalue weighted by atomic mass is 10.1. The fourth-order valence-electron chi connectivity index (χ4n) is 1.51. The third kappa shape index (κ3) is 2.08. The maximum absolute atomic E-state index is 11.7. The van der Waals surface area contributed by atoms with Crippen LogP contribution in [0, 0.1) is 0 Å². The van der Waals surface area contributed by atoms with Gasteiger partial charge in [-0.3, -0.25) is 9.59 Å². The standard InChI is InChI=1S/C12H8O5/c13-9(5-10(14)12(15)16)8-6-17-11-4-2-1-3-7(8)11/h1-4,6H,5H2,(H,15,16). The summed E-state index contributed by atoms with van der Waals surface area (Å²) in [4.78, 5) is 33.0. The average Bonchev–Trinajstić information content (AvgIpc) is 2.72. The molecule has 0 bridgehead atoms.